The number of hydrogen-bond acceptors (Lipinski definition) is 8. The predicted molar refractivity (Wildman–Crippen MR) is 128 cm³/mol. The van der Waals surface area contributed by atoms with Crippen LogP contribution in [0.3, 0.4) is 0 Å². The van der Waals surface area contributed by atoms with Crippen LogP contribution in [0.2, 0.25) is 0 Å². The Kier molecular flexibility index (Phi) is 5.88. The maximum atomic E-state index is 12.6. The fourth-order valence-corrected chi connectivity index (χ4v) is 3.90. The first-order valence-electron chi connectivity index (χ1n) is 10.2. The van der Waals surface area contributed by atoms with Crippen LogP contribution in [0, 0.1) is 0 Å². The van der Waals surface area contributed by atoms with E-state index in [-0.39, 0.29) is 12.5 Å². The van der Waals surface area contributed by atoms with Crippen molar-refractivity contribution in [3.8, 4) is 17.0 Å². The van der Waals surface area contributed by atoms with Crippen molar-refractivity contribution in [2.75, 3.05) is 16.8 Å². The van der Waals surface area contributed by atoms with Gasteiger partial charge >= 0.3 is 0 Å². The zero-order valence-electron chi connectivity index (χ0n) is 17.5. The molecule has 1 aliphatic heterocycles. The number of nitrogens with zero attached hydrogens (tertiary/aromatic N) is 4. The molecule has 0 saturated carbocycles. The van der Waals surface area contributed by atoms with E-state index < -0.39 is 0 Å². The van der Waals surface area contributed by atoms with Crippen molar-refractivity contribution in [1.82, 2.24) is 15.0 Å². The zero-order chi connectivity index (χ0) is 22.6. The van der Waals surface area contributed by atoms with Gasteiger partial charge in [0.1, 0.15) is 5.75 Å². The molecule has 0 radical (unpaired) electrons. The molecule has 0 saturated heterocycles. The minimum absolute atomic E-state index is 0.000898. The van der Waals surface area contributed by atoms with E-state index >= 15 is 0 Å². The van der Waals surface area contributed by atoms with Gasteiger partial charge in [0.15, 0.2) is 6.61 Å². The van der Waals surface area contributed by atoms with Gasteiger partial charge in [0.2, 0.25) is 5.95 Å². The average Bonchev–Trinajstić information content (AvgIpc) is 2.86. The molecule has 3 N–H and O–H groups in total. The standard InChI is InChI=1S/C24H20N6O2S/c25-33-19-6-3-5-17(13-19)28-24-27-11-9-20(29-24)16-7-8-22-21(12-16)30(23(31)15-32-22)14-18-4-1-2-10-26-18/h1-13H,14-15,25H2,(H,27,28,29). The van der Waals surface area contributed by atoms with Crippen molar-refractivity contribution in [1.29, 1.82) is 0 Å². The van der Waals surface area contributed by atoms with Gasteiger partial charge in [-0.15, -0.1) is 0 Å². The summed E-state index contributed by atoms with van der Waals surface area (Å²) in [6.45, 7) is 0.368. The van der Waals surface area contributed by atoms with E-state index in [0.29, 0.717) is 23.9 Å². The normalized spacial score (nSPS) is 12.8. The number of carbonyl (C=O) groups excluding carboxylic acids is 1. The monoisotopic (exact) mass is 456 g/mol. The molecule has 2 aromatic heterocycles. The molecule has 5 rings (SSSR count). The van der Waals surface area contributed by atoms with Crippen LogP contribution in [0.25, 0.3) is 11.3 Å². The third kappa shape index (κ3) is 4.64. The van der Waals surface area contributed by atoms with Crippen molar-refractivity contribution in [3.63, 3.8) is 0 Å². The average molecular weight is 457 g/mol. The first-order chi connectivity index (χ1) is 16.2. The minimum atomic E-state index is -0.118. The molecule has 164 valence electrons. The van der Waals surface area contributed by atoms with Gasteiger partial charge in [0, 0.05) is 28.5 Å². The van der Waals surface area contributed by atoms with Gasteiger partial charge < -0.3 is 10.1 Å². The number of aromatic nitrogens is 3. The van der Waals surface area contributed by atoms with Gasteiger partial charge in [-0.1, -0.05) is 12.1 Å². The van der Waals surface area contributed by atoms with Gasteiger partial charge in [-0.25, -0.2) is 9.97 Å². The first kappa shape index (κ1) is 20.9. The third-order valence-corrected chi connectivity index (χ3v) is 5.65. The molecule has 0 unspecified atom stereocenters. The Morgan fingerprint density at radius 2 is 1.97 bits per heavy atom. The number of anilines is 3. The van der Waals surface area contributed by atoms with Crippen molar-refractivity contribution in [2.45, 2.75) is 11.4 Å². The van der Waals surface area contributed by atoms with Crippen LogP contribution in [-0.4, -0.2) is 27.5 Å². The number of nitrogens with one attached hydrogen (secondary N) is 1. The van der Waals surface area contributed by atoms with E-state index in [1.165, 1.54) is 11.9 Å². The van der Waals surface area contributed by atoms with Crippen molar-refractivity contribution in [2.24, 2.45) is 5.14 Å². The molecule has 0 atom stereocenters. The largest absolute Gasteiger partial charge is 0.482 e. The predicted octanol–water partition coefficient (Wildman–Crippen LogP) is 4.17. The maximum Gasteiger partial charge on any atom is 0.265 e. The molecule has 1 amide bonds. The Bertz CT molecular complexity index is 1300. The Balaban J connectivity index is 1.45. The van der Waals surface area contributed by atoms with Crippen LogP contribution in [0.15, 0.2) is 84.0 Å². The molecule has 3 heterocycles. The topological polar surface area (TPSA) is 106 Å². The molecule has 8 nitrogen and oxygen atoms in total. The summed E-state index contributed by atoms with van der Waals surface area (Å²) in [5.41, 5.74) is 3.89. The number of amides is 1. The lowest BCUT2D eigenvalue weighted by Gasteiger charge is -2.29. The Morgan fingerprint density at radius 3 is 2.82 bits per heavy atom. The highest BCUT2D eigenvalue weighted by atomic mass is 32.2. The quantitative estimate of drug-likeness (QED) is 0.416. The summed E-state index contributed by atoms with van der Waals surface area (Å²) in [5.74, 6) is 0.993. The molecule has 1 aliphatic rings. The molecule has 0 aliphatic carbocycles. The third-order valence-electron chi connectivity index (χ3n) is 5.13. The van der Waals surface area contributed by atoms with Crippen molar-refractivity contribution in [3.05, 3.63) is 84.8 Å². The van der Waals surface area contributed by atoms with Crippen LogP contribution < -0.4 is 20.1 Å². The van der Waals surface area contributed by atoms with E-state index in [1.54, 1.807) is 17.3 Å². The lowest BCUT2D eigenvalue weighted by Crippen LogP contribution is -2.38. The number of pyridine rings is 1. The molecular formula is C24H20N6O2S. The maximum absolute atomic E-state index is 12.6. The Morgan fingerprint density at radius 1 is 1.03 bits per heavy atom. The molecule has 33 heavy (non-hydrogen) atoms. The fourth-order valence-electron chi connectivity index (χ4n) is 3.54. The highest BCUT2D eigenvalue weighted by Crippen LogP contribution is 2.36. The second-order valence-corrected chi connectivity index (χ2v) is 8.02. The molecule has 2 aromatic carbocycles. The van der Waals surface area contributed by atoms with E-state index in [1.807, 2.05) is 66.7 Å². The lowest BCUT2D eigenvalue weighted by atomic mass is 10.1. The van der Waals surface area contributed by atoms with Crippen LogP contribution in [0.5, 0.6) is 5.75 Å². The first-order valence-corrected chi connectivity index (χ1v) is 11.1. The second kappa shape index (κ2) is 9.27. The van der Waals surface area contributed by atoms with E-state index in [0.717, 1.165) is 27.5 Å². The van der Waals surface area contributed by atoms with Crippen molar-refractivity contribution < 1.29 is 9.53 Å². The summed E-state index contributed by atoms with van der Waals surface area (Å²) in [4.78, 5) is 28.6. The van der Waals surface area contributed by atoms with Crippen LogP contribution in [0.4, 0.5) is 17.3 Å². The van der Waals surface area contributed by atoms with E-state index in [2.05, 4.69) is 20.3 Å². The molecular weight excluding hydrogens is 436 g/mol. The summed E-state index contributed by atoms with van der Waals surface area (Å²) in [5, 5.41) is 8.86. The number of benzene rings is 2. The second-order valence-electron chi connectivity index (χ2n) is 7.31. The smallest absolute Gasteiger partial charge is 0.265 e. The SMILES string of the molecule is NSc1cccc(Nc2nccc(-c3ccc4c(c3)N(Cc3ccccn3)C(=O)CO4)n2)c1. The summed E-state index contributed by atoms with van der Waals surface area (Å²) >= 11 is 1.18. The van der Waals surface area contributed by atoms with E-state index in [9.17, 15) is 4.79 Å². The number of hydrogen-bond donors (Lipinski definition) is 2. The zero-order valence-corrected chi connectivity index (χ0v) is 18.3. The van der Waals surface area contributed by atoms with Gasteiger partial charge in [0.25, 0.3) is 5.91 Å². The number of carbonyl (C=O) groups is 1. The van der Waals surface area contributed by atoms with E-state index in [4.69, 9.17) is 9.88 Å². The highest BCUT2D eigenvalue weighted by molar-refractivity contribution is 7.97. The molecule has 0 fully saturated rings. The molecule has 4 aromatic rings. The summed E-state index contributed by atoms with van der Waals surface area (Å²) < 4.78 is 5.65. The van der Waals surface area contributed by atoms with Crippen LogP contribution in [0.1, 0.15) is 5.69 Å². The Labute approximate surface area is 195 Å². The van der Waals surface area contributed by atoms with Gasteiger partial charge in [-0.3, -0.25) is 19.8 Å². The number of nitrogens with two attached hydrogens (primary N) is 1. The lowest BCUT2D eigenvalue weighted by molar-refractivity contribution is -0.121. The molecule has 0 spiro atoms. The Hall–Kier alpha value is -3.95. The minimum Gasteiger partial charge on any atom is -0.482 e. The van der Waals surface area contributed by atoms with Crippen LogP contribution in [-0.2, 0) is 11.3 Å². The van der Waals surface area contributed by atoms with Gasteiger partial charge in [-0.2, -0.15) is 0 Å². The highest BCUT2D eigenvalue weighted by Gasteiger charge is 2.26. The fraction of sp³-hybridized carbons (Fsp3) is 0.0833. The summed E-state index contributed by atoms with van der Waals surface area (Å²) in [6, 6.07) is 20.9. The number of ether oxygens (including phenoxy) is 1. The summed E-state index contributed by atoms with van der Waals surface area (Å²) in [6.07, 6.45) is 3.41. The molecule has 0 bridgehead atoms. The van der Waals surface area contributed by atoms with Crippen LogP contribution >= 0.6 is 11.9 Å². The van der Waals surface area contributed by atoms with Gasteiger partial charge in [-0.05, 0) is 66.5 Å². The number of rotatable bonds is 6. The summed E-state index contributed by atoms with van der Waals surface area (Å²) in [7, 11) is 0. The van der Waals surface area contributed by atoms with Crippen molar-refractivity contribution >= 4 is 35.2 Å². The molecule has 9 heteroatoms. The van der Waals surface area contributed by atoms with Gasteiger partial charge in [0.05, 0.1) is 23.6 Å². The number of fused-ring (bicyclic) bond motifs is 1.